The van der Waals surface area contributed by atoms with Gasteiger partial charge < -0.3 is 10.0 Å². The van der Waals surface area contributed by atoms with Gasteiger partial charge in [-0.2, -0.15) is 0 Å². The maximum Gasteiger partial charge on any atom is 0.0499 e. The van der Waals surface area contributed by atoms with Crippen LogP contribution < -0.4 is 0 Å². The number of nitrogens with zero attached hydrogens (tertiary/aromatic N) is 2. The number of hydrogen-bond donors (Lipinski definition) is 1. The molecular formula is C15H30N2O. The van der Waals surface area contributed by atoms with Gasteiger partial charge in [0.05, 0.1) is 0 Å². The van der Waals surface area contributed by atoms with Crippen LogP contribution in [0.4, 0.5) is 0 Å². The zero-order chi connectivity index (χ0) is 13.0. The summed E-state index contributed by atoms with van der Waals surface area (Å²) < 4.78 is 0. The van der Waals surface area contributed by atoms with Gasteiger partial charge in [-0.25, -0.2) is 0 Å². The lowest BCUT2D eigenvalue weighted by atomic mass is 9.74. The monoisotopic (exact) mass is 254 g/mol. The van der Waals surface area contributed by atoms with E-state index < -0.39 is 0 Å². The average molecular weight is 254 g/mol. The molecule has 1 heterocycles. The fourth-order valence-corrected chi connectivity index (χ4v) is 3.74. The minimum absolute atomic E-state index is 0.215. The van der Waals surface area contributed by atoms with Gasteiger partial charge in [0.2, 0.25) is 0 Å². The van der Waals surface area contributed by atoms with Crippen LogP contribution in [0.3, 0.4) is 0 Å². The van der Waals surface area contributed by atoms with Crippen molar-refractivity contribution >= 4 is 0 Å². The van der Waals surface area contributed by atoms with Crippen molar-refractivity contribution in [2.75, 3.05) is 39.8 Å². The lowest BCUT2D eigenvalue weighted by Crippen LogP contribution is -2.54. The third-order valence-electron chi connectivity index (χ3n) is 5.14. The van der Waals surface area contributed by atoms with Crippen molar-refractivity contribution in [3.63, 3.8) is 0 Å². The Morgan fingerprint density at radius 3 is 2.50 bits per heavy atom. The standard InChI is InChI=1S/C15H30N2O/c1-3-14-11-17(10-9-16(14)2)12-15(13-18)7-5-4-6-8-15/h14,18H,3-13H2,1-2H3. The van der Waals surface area contributed by atoms with E-state index in [2.05, 4.69) is 23.8 Å². The van der Waals surface area contributed by atoms with Gasteiger partial charge in [-0.15, -0.1) is 0 Å². The lowest BCUT2D eigenvalue weighted by Gasteiger charge is -2.45. The molecule has 2 rings (SSSR count). The van der Waals surface area contributed by atoms with Gasteiger partial charge in [-0.1, -0.05) is 26.2 Å². The predicted molar refractivity (Wildman–Crippen MR) is 75.8 cm³/mol. The van der Waals surface area contributed by atoms with Gasteiger partial charge in [0.15, 0.2) is 0 Å². The molecule has 0 bridgehead atoms. The molecule has 1 atom stereocenters. The third-order valence-corrected chi connectivity index (χ3v) is 5.14. The average Bonchev–Trinajstić information content (AvgIpc) is 2.42. The van der Waals surface area contributed by atoms with Crippen molar-refractivity contribution < 1.29 is 5.11 Å². The topological polar surface area (TPSA) is 26.7 Å². The number of piperazine rings is 1. The largest absolute Gasteiger partial charge is 0.396 e. The van der Waals surface area contributed by atoms with E-state index in [0.717, 1.165) is 6.54 Å². The Morgan fingerprint density at radius 2 is 1.89 bits per heavy atom. The van der Waals surface area contributed by atoms with Crippen molar-refractivity contribution in [3.05, 3.63) is 0 Å². The molecule has 1 unspecified atom stereocenters. The number of hydrogen-bond acceptors (Lipinski definition) is 3. The fourth-order valence-electron chi connectivity index (χ4n) is 3.74. The van der Waals surface area contributed by atoms with E-state index in [4.69, 9.17) is 0 Å². The van der Waals surface area contributed by atoms with E-state index in [1.54, 1.807) is 0 Å². The van der Waals surface area contributed by atoms with Crippen molar-refractivity contribution in [2.24, 2.45) is 5.41 Å². The summed E-state index contributed by atoms with van der Waals surface area (Å²) in [5, 5.41) is 9.81. The predicted octanol–water partition coefficient (Wildman–Crippen LogP) is 1.96. The Balaban J connectivity index is 1.91. The smallest absolute Gasteiger partial charge is 0.0499 e. The second-order valence-electron chi connectivity index (χ2n) is 6.50. The van der Waals surface area contributed by atoms with Crippen LogP contribution in [0.5, 0.6) is 0 Å². The molecule has 18 heavy (non-hydrogen) atoms. The SMILES string of the molecule is CCC1CN(CC2(CO)CCCCC2)CCN1C. The number of likely N-dealkylation sites (N-methyl/N-ethyl adjacent to an activating group) is 1. The molecule has 0 spiro atoms. The van der Waals surface area contributed by atoms with Gasteiger partial charge in [0.1, 0.15) is 0 Å². The molecule has 1 N–H and O–H groups in total. The van der Waals surface area contributed by atoms with E-state index in [9.17, 15) is 5.11 Å². The van der Waals surface area contributed by atoms with E-state index in [0.29, 0.717) is 12.6 Å². The Bertz CT molecular complexity index is 251. The van der Waals surface area contributed by atoms with Crippen LogP contribution in [0.15, 0.2) is 0 Å². The normalized spacial score (nSPS) is 30.5. The van der Waals surface area contributed by atoms with E-state index >= 15 is 0 Å². The fraction of sp³-hybridized carbons (Fsp3) is 1.00. The highest BCUT2D eigenvalue weighted by Crippen LogP contribution is 2.37. The molecule has 0 aromatic carbocycles. The molecule has 3 nitrogen and oxygen atoms in total. The molecule has 2 fully saturated rings. The van der Waals surface area contributed by atoms with Crippen LogP contribution in [-0.4, -0.2) is 60.8 Å². The molecule has 0 aromatic heterocycles. The Hall–Kier alpha value is -0.120. The number of aliphatic hydroxyl groups excluding tert-OH is 1. The van der Waals surface area contributed by atoms with Crippen LogP contribution in [0.25, 0.3) is 0 Å². The lowest BCUT2D eigenvalue weighted by molar-refractivity contribution is 0.00951. The Labute approximate surface area is 112 Å². The molecule has 1 saturated carbocycles. The van der Waals surface area contributed by atoms with Crippen molar-refractivity contribution in [3.8, 4) is 0 Å². The van der Waals surface area contributed by atoms with Crippen LogP contribution in [0.1, 0.15) is 45.4 Å². The first-order valence-corrected chi connectivity index (χ1v) is 7.72. The summed E-state index contributed by atoms with van der Waals surface area (Å²) in [6.07, 6.45) is 7.68. The highest BCUT2D eigenvalue weighted by Gasteiger charge is 2.35. The summed E-state index contributed by atoms with van der Waals surface area (Å²) in [4.78, 5) is 5.10. The van der Waals surface area contributed by atoms with Gasteiger partial charge in [-0.05, 0) is 26.3 Å². The molecular weight excluding hydrogens is 224 g/mol. The van der Waals surface area contributed by atoms with Crippen LogP contribution >= 0.6 is 0 Å². The molecule has 106 valence electrons. The zero-order valence-electron chi connectivity index (χ0n) is 12.2. The second kappa shape index (κ2) is 6.36. The summed E-state index contributed by atoms with van der Waals surface area (Å²) >= 11 is 0. The molecule has 0 aromatic rings. The first-order chi connectivity index (χ1) is 8.69. The molecule has 0 amide bonds. The van der Waals surface area contributed by atoms with Crippen LogP contribution in [-0.2, 0) is 0 Å². The highest BCUT2D eigenvalue weighted by atomic mass is 16.3. The van der Waals surface area contributed by atoms with E-state index in [-0.39, 0.29) is 5.41 Å². The van der Waals surface area contributed by atoms with Crippen molar-refractivity contribution in [1.82, 2.24) is 9.80 Å². The first kappa shape index (κ1) is 14.3. The Kier molecular flexibility index (Phi) is 5.05. The Morgan fingerprint density at radius 1 is 1.17 bits per heavy atom. The summed E-state index contributed by atoms with van der Waals surface area (Å²) in [6.45, 7) is 7.33. The molecule has 1 saturated heterocycles. The van der Waals surface area contributed by atoms with E-state index in [1.807, 2.05) is 0 Å². The van der Waals surface area contributed by atoms with Crippen LogP contribution in [0.2, 0.25) is 0 Å². The van der Waals surface area contributed by atoms with Gasteiger partial charge >= 0.3 is 0 Å². The maximum atomic E-state index is 9.81. The third kappa shape index (κ3) is 3.25. The minimum atomic E-state index is 0.215. The summed E-state index contributed by atoms with van der Waals surface area (Å²) in [5.74, 6) is 0. The van der Waals surface area contributed by atoms with Gasteiger partial charge in [-0.3, -0.25) is 4.90 Å². The number of rotatable bonds is 4. The van der Waals surface area contributed by atoms with Gasteiger partial charge in [0, 0.05) is 44.2 Å². The molecule has 0 radical (unpaired) electrons. The zero-order valence-corrected chi connectivity index (χ0v) is 12.2. The van der Waals surface area contributed by atoms with Crippen molar-refractivity contribution in [2.45, 2.75) is 51.5 Å². The maximum absolute atomic E-state index is 9.81. The molecule has 2 aliphatic rings. The summed E-state index contributed by atoms with van der Waals surface area (Å²) in [6, 6.07) is 0.707. The molecule has 3 heteroatoms. The van der Waals surface area contributed by atoms with Gasteiger partial charge in [0.25, 0.3) is 0 Å². The molecule has 1 aliphatic heterocycles. The van der Waals surface area contributed by atoms with Crippen molar-refractivity contribution in [1.29, 1.82) is 0 Å². The minimum Gasteiger partial charge on any atom is -0.396 e. The van der Waals surface area contributed by atoms with E-state index in [1.165, 1.54) is 58.2 Å². The number of aliphatic hydroxyl groups is 1. The second-order valence-corrected chi connectivity index (χ2v) is 6.50. The quantitative estimate of drug-likeness (QED) is 0.831. The highest BCUT2D eigenvalue weighted by molar-refractivity contribution is 4.88. The summed E-state index contributed by atoms with van der Waals surface area (Å²) in [7, 11) is 2.24. The summed E-state index contributed by atoms with van der Waals surface area (Å²) in [5.41, 5.74) is 0.215. The molecule has 1 aliphatic carbocycles. The first-order valence-electron chi connectivity index (χ1n) is 7.72. The van der Waals surface area contributed by atoms with Crippen LogP contribution in [0, 0.1) is 5.41 Å².